The van der Waals surface area contributed by atoms with Gasteiger partial charge in [0.15, 0.2) is 0 Å². The van der Waals surface area contributed by atoms with E-state index in [4.69, 9.17) is 5.73 Å². The average molecular weight is 252 g/mol. The lowest BCUT2D eigenvalue weighted by molar-refractivity contribution is 0.100. The van der Waals surface area contributed by atoms with Crippen molar-refractivity contribution < 1.29 is 4.79 Å². The van der Waals surface area contributed by atoms with Gasteiger partial charge in [-0.05, 0) is 24.9 Å². The van der Waals surface area contributed by atoms with Crippen LogP contribution in [0.5, 0.6) is 0 Å². The molecule has 1 aromatic heterocycles. The summed E-state index contributed by atoms with van der Waals surface area (Å²) in [7, 11) is 0. The zero-order chi connectivity index (χ0) is 12.1. The molecule has 3 nitrogen and oxygen atoms in total. The number of amides is 1. The zero-order valence-corrected chi connectivity index (χ0v) is 10.9. The van der Waals surface area contributed by atoms with E-state index < -0.39 is 0 Å². The monoisotopic (exact) mass is 252 g/mol. The van der Waals surface area contributed by atoms with Crippen LogP contribution in [0.4, 0.5) is 0 Å². The molecule has 0 spiro atoms. The third kappa shape index (κ3) is 3.82. The molecule has 0 aromatic carbocycles. The molecule has 1 aliphatic rings. The van der Waals surface area contributed by atoms with Gasteiger partial charge in [0.05, 0.1) is 5.56 Å². The van der Waals surface area contributed by atoms with Crippen LogP contribution in [0.1, 0.15) is 47.3 Å². The lowest BCUT2D eigenvalue weighted by Gasteiger charge is -2.08. The van der Waals surface area contributed by atoms with Gasteiger partial charge in [-0.3, -0.25) is 4.79 Å². The molecule has 0 unspecified atom stereocenters. The number of carbonyl (C=O) groups excluding carboxylic acids is 1. The van der Waals surface area contributed by atoms with E-state index in [9.17, 15) is 4.79 Å². The van der Waals surface area contributed by atoms with Gasteiger partial charge < -0.3 is 11.1 Å². The van der Waals surface area contributed by atoms with Gasteiger partial charge in [-0.15, -0.1) is 11.3 Å². The molecule has 2 rings (SSSR count). The summed E-state index contributed by atoms with van der Waals surface area (Å²) in [6.07, 6.45) is 6.93. The van der Waals surface area contributed by atoms with Gasteiger partial charge in [-0.25, -0.2) is 0 Å². The second kappa shape index (κ2) is 6.17. The fraction of sp³-hybridized carbons (Fsp3) is 0.615. The minimum Gasteiger partial charge on any atom is -0.366 e. The van der Waals surface area contributed by atoms with Crippen LogP contribution in [0.25, 0.3) is 0 Å². The van der Waals surface area contributed by atoms with Crippen LogP contribution in [-0.4, -0.2) is 12.5 Å². The van der Waals surface area contributed by atoms with Crippen molar-refractivity contribution in [2.45, 2.75) is 38.6 Å². The lowest BCUT2D eigenvalue weighted by atomic mass is 10.0. The van der Waals surface area contributed by atoms with E-state index >= 15 is 0 Å². The molecule has 94 valence electrons. The summed E-state index contributed by atoms with van der Waals surface area (Å²) >= 11 is 1.60. The molecule has 4 heteroatoms. The third-order valence-corrected chi connectivity index (χ3v) is 4.38. The van der Waals surface area contributed by atoms with Crippen molar-refractivity contribution in [1.29, 1.82) is 0 Å². The summed E-state index contributed by atoms with van der Waals surface area (Å²) in [6.45, 7) is 1.93. The van der Waals surface area contributed by atoms with Crippen molar-refractivity contribution in [2.24, 2.45) is 11.7 Å². The molecule has 1 heterocycles. The van der Waals surface area contributed by atoms with E-state index in [1.807, 2.05) is 11.4 Å². The fourth-order valence-electron chi connectivity index (χ4n) is 2.42. The summed E-state index contributed by atoms with van der Waals surface area (Å²) in [6, 6.07) is 1.88. The summed E-state index contributed by atoms with van der Waals surface area (Å²) in [5, 5.41) is 5.27. The summed E-state index contributed by atoms with van der Waals surface area (Å²) < 4.78 is 0. The quantitative estimate of drug-likeness (QED) is 0.764. The molecule has 3 N–H and O–H groups in total. The summed E-state index contributed by atoms with van der Waals surface area (Å²) in [4.78, 5) is 12.1. The maximum atomic E-state index is 10.9. The maximum absolute atomic E-state index is 10.9. The van der Waals surface area contributed by atoms with E-state index in [-0.39, 0.29) is 5.91 Å². The predicted octanol–water partition coefficient (Wildman–Crippen LogP) is 2.52. The van der Waals surface area contributed by atoms with Crippen LogP contribution in [0.2, 0.25) is 0 Å². The van der Waals surface area contributed by atoms with Crippen LogP contribution < -0.4 is 11.1 Å². The number of carbonyl (C=O) groups is 1. The van der Waals surface area contributed by atoms with Gasteiger partial charge in [-0.1, -0.05) is 25.7 Å². The molecule has 1 fully saturated rings. The molecule has 0 radical (unpaired) electrons. The first-order valence-electron chi connectivity index (χ1n) is 6.33. The van der Waals surface area contributed by atoms with Crippen LogP contribution >= 0.6 is 11.3 Å². The smallest absolute Gasteiger partial charge is 0.249 e. The van der Waals surface area contributed by atoms with Crippen molar-refractivity contribution in [3.05, 3.63) is 21.9 Å². The second-order valence-electron chi connectivity index (χ2n) is 4.78. The van der Waals surface area contributed by atoms with E-state index in [0.29, 0.717) is 5.56 Å². The van der Waals surface area contributed by atoms with Gasteiger partial charge in [0.2, 0.25) is 5.91 Å². The Labute approximate surface area is 106 Å². The largest absolute Gasteiger partial charge is 0.366 e. The Balaban J connectivity index is 1.65. The minimum absolute atomic E-state index is 0.335. The highest BCUT2D eigenvalue weighted by molar-refractivity contribution is 7.10. The number of nitrogens with two attached hydrogens (primary N) is 1. The first-order valence-corrected chi connectivity index (χ1v) is 7.21. The van der Waals surface area contributed by atoms with E-state index in [0.717, 1.165) is 19.0 Å². The Morgan fingerprint density at radius 3 is 2.88 bits per heavy atom. The highest BCUT2D eigenvalue weighted by Crippen LogP contribution is 2.26. The molecule has 1 aromatic rings. The van der Waals surface area contributed by atoms with Gasteiger partial charge in [0, 0.05) is 16.8 Å². The molecule has 0 atom stereocenters. The molecule has 0 aliphatic heterocycles. The van der Waals surface area contributed by atoms with E-state index in [2.05, 4.69) is 5.32 Å². The van der Waals surface area contributed by atoms with Crippen LogP contribution in [-0.2, 0) is 6.54 Å². The molecule has 1 amide bonds. The van der Waals surface area contributed by atoms with Crippen LogP contribution in [0, 0.1) is 5.92 Å². The number of rotatable bonds is 6. The summed E-state index contributed by atoms with van der Waals surface area (Å²) in [5.41, 5.74) is 5.84. The highest BCUT2D eigenvalue weighted by atomic mass is 32.1. The van der Waals surface area contributed by atoms with Crippen molar-refractivity contribution in [3.8, 4) is 0 Å². The standard InChI is InChI=1S/C13H20N2OS/c14-13(16)11-7-12(17-9-11)8-15-6-5-10-3-1-2-4-10/h7,9-10,15H,1-6,8H2,(H2,14,16). The Kier molecular flexibility index (Phi) is 4.57. The Bertz CT molecular complexity index is 369. The highest BCUT2D eigenvalue weighted by Gasteiger charge is 2.13. The van der Waals surface area contributed by atoms with Crippen molar-refractivity contribution in [1.82, 2.24) is 5.32 Å². The van der Waals surface area contributed by atoms with Crippen LogP contribution in [0.15, 0.2) is 11.4 Å². The van der Waals surface area contributed by atoms with Gasteiger partial charge in [0.1, 0.15) is 0 Å². The first-order chi connectivity index (χ1) is 8.25. The Hall–Kier alpha value is -0.870. The molecule has 17 heavy (non-hydrogen) atoms. The number of nitrogens with one attached hydrogen (secondary N) is 1. The molecule has 1 aliphatic carbocycles. The number of thiophene rings is 1. The first kappa shape index (κ1) is 12.6. The SMILES string of the molecule is NC(=O)c1csc(CNCCC2CCCC2)c1. The van der Waals surface area contributed by atoms with Gasteiger partial charge in [-0.2, -0.15) is 0 Å². The van der Waals surface area contributed by atoms with E-state index in [1.165, 1.54) is 37.0 Å². The van der Waals surface area contributed by atoms with Crippen molar-refractivity contribution >= 4 is 17.2 Å². The molecular weight excluding hydrogens is 232 g/mol. The number of primary amides is 1. The van der Waals surface area contributed by atoms with E-state index in [1.54, 1.807) is 11.3 Å². The molecule has 0 saturated heterocycles. The van der Waals surface area contributed by atoms with Gasteiger partial charge >= 0.3 is 0 Å². The van der Waals surface area contributed by atoms with Gasteiger partial charge in [0.25, 0.3) is 0 Å². The van der Waals surface area contributed by atoms with Crippen molar-refractivity contribution in [3.63, 3.8) is 0 Å². The Morgan fingerprint density at radius 1 is 1.47 bits per heavy atom. The van der Waals surface area contributed by atoms with Crippen molar-refractivity contribution in [2.75, 3.05) is 6.54 Å². The minimum atomic E-state index is -0.335. The maximum Gasteiger partial charge on any atom is 0.249 e. The second-order valence-corrected chi connectivity index (χ2v) is 5.78. The van der Waals surface area contributed by atoms with Crippen LogP contribution in [0.3, 0.4) is 0 Å². The number of hydrogen-bond donors (Lipinski definition) is 2. The predicted molar refractivity (Wildman–Crippen MR) is 71.1 cm³/mol. The molecular formula is C13H20N2OS. The molecule has 0 bridgehead atoms. The third-order valence-electron chi connectivity index (χ3n) is 3.44. The average Bonchev–Trinajstić information content (AvgIpc) is 2.96. The Morgan fingerprint density at radius 2 is 2.24 bits per heavy atom. The topological polar surface area (TPSA) is 55.1 Å². The summed E-state index contributed by atoms with van der Waals surface area (Å²) in [5.74, 6) is 0.602. The fourth-order valence-corrected chi connectivity index (χ4v) is 3.26. The normalized spacial score (nSPS) is 16.5. The zero-order valence-electron chi connectivity index (χ0n) is 10.1. The number of hydrogen-bond acceptors (Lipinski definition) is 3. The molecule has 1 saturated carbocycles. The lowest BCUT2D eigenvalue weighted by Crippen LogP contribution is -2.16.